The van der Waals surface area contributed by atoms with Gasteiger partial charge in [-0.25, -0.2) is 14.6 Å². The molecule has 0 saturated carbocycles. The number of rotatable bonds is 6. The fraction of sp³-hybridized carbons (Fsp3) is 0.550. The molecule has 30 heavy (non-hydrogen) atoms. The highest BCUT2D eigenvalue weighted by atomic mass is 127. The summed E-state index contributed by atoms with van der Waals surface area (Å²) in [6, 6.07) is 7.71. The third-order valence-electron chi connectivity index (χ3n) is 4.51. The zero-order chi connectivity index (χ0) is 21.1. The van der Waals surface area contributed by atoms with Gasteiger partial charge < -0.3 is 25.0 Å². The van der Waals surface area contributed by atoms with Crippen molar-refractivity contribution in [2.75, 3.05) is 38.7 Å². The van der Waals surface area contributed by atoms with Crippen molar-refractivity contribution in [2.45, 2.75) is 39.3 Å². The molecule has 1 saturated heterocycles. The predicted molar refractivity (Wildman–Crippen MR) is 127 cm³/mol. The van der Waals surface area contributed by atoms with Crippen LogP contribution < -0.4 is 16.0 Å². The fourth-order valence-electron chi connectivity index (χ4n) is 2.97. The monoisotopic (exact) mass is 533 g/mol. The number of carbonyl (C=O) groups excluding carboxylic acids is 2. The zero-order valence-electron chi connectivity index (χ0n) is 17.8. The van der Waals surface area contributed by atoms with Gasteiger partial charge in [-0.15, -0.1) is 24.0 Å². The lowest BCUT2D eigenvalue weighted by Gasteiger charge is -2.32. The molecule has 1 aliphatic rings. The molecule has 0 radical (unpaired) electrons. The van der Waals surface area contributed by atoms with Crippen molar-refractivity contribution < 1.29 is 19.1 Å². The number of amides is 2. The fourth-order valence-corrected chi connectivity index (χ4v) is 2.97. The Hall–Kier alpha value is -2.24. The summed E-state index contributed by atoms with van der Waals surface area (Å²) >= 11 is 0. The maximum atomic E-state index is 11.8. The molecule has 10 heteroatoms. The van der Waals surface area contributed by atoms with E-state index >= 15 is 0 Å². The first-order chi connectivity index (χ1) is 14.0. The number of aliphatic imine (C=N–C) groups is 1. The van der Waals surface area contributed by atoms with Crippen LogP contribution >= 0.6 is 24.0 Å². The average molecular weight is 533 g/mol. The van der Waals surface area contributed by atoms with Gasteiger partial charge in [-0.3, -0.25) is 5.32 Å². The molecule has 0 aromatic heterocycles. The number of hydrogen-bond acceptors (Lipinski definition) is 5. The predicted octanol–water partition coefficient (Wildman–Crippen LogP) is 3.16. The van der Waals surface area contributed by atoms with Gasteiger partial charge in [-0.05, 0) is 44.4 Å². The number of benzene rings is 1. The van der Waals surface area contributed by atoms with Crippen molar-refractivity contribution >= 4 is 47.8 Å². The molecule has 2 rings (SSSR count). The van der Waals surface area contributed by atoms with Crippen LogP contribution in [0.4, 0.5) is 15.3 Å². The van der Waals surface area contributed by atoms with Crippen LogP contribution in [0.25, 0.3) is 0 Å². The minimum Gasteiger partial charge on any atom is -0.453 e. The molecule has 168 valence electrons. The van der Waals surface area contributed by atoms with Crippen molar-refractivity contribution in [3.8, 4) is 0 Å². The number of likely N-dealkylation sites (tertiary alicyclic amines) is 1. The summed E-state index contributed by atoms with van der Waals surface area (Å²) < 4.78 is 9.64. The van der Waals surface area contributed by atoms with E-state index in [4.69, 9.17) is 4.74 Å². The number of ether oxygens (including phenoxy) is 2. The van der Waals surface area contributed by atoms with E-state index in [1.165, 1.54) is 7.11 Å². The molecule has 9 nitrogen and oxygen atoms in total. The van der Waals surface area contributed by atoms with Crippen LogP contribution in [0.15, 0.2) is 29.3 Å². The lowest BCUT2D eigenvalue weighted by Crippen LogP contribution is -2.49. The van der Waals surface area contributed by atoms with Gasteiger partial charge in [0.25, 0.3) is 0 Å². The summed E-state index contributed by atoms with van der Waals surface area (Å²) in [7, 11) is 1.33. The highest BCUT2D eigenvalue weighted by Gasteiger charge is 2.24. The number of anilines is 1. The molecule has 0 unspecified atom stereocenters. The van der Waals surface area contributed by atoms with E-state index in [1.807, 2.05) is 38.1 Å². The highest BCUT2D eigenvalue weighted by molar-refractivity contribution is 14.0. The molecule has 2 amide bonds. The van der Waals surface area contributed by atoms with Gasteiger partial charge in [-0.1, -0.05) is 12.1 Å². The Bertz CT molecular complexity index is 691. The Kier molecular flexibility index (Phi) is 11.9. The quantitative estimate of drug-likeness (QED) is 0.295. The summed E-state index contributed by atoms with van der Waals surface area (Å²) in [5.41, 5.74) is 1.69. The van der Waals surface area contributed by atoms with E-state index in [9.17, 15) is 9.59 Å². The van der Waals surface area contributed by atoms with Gasteiger partial charge in [0.2, 0.25) is 0 Å². The van der Waals surface area contributed by atoms with Gasteiger partial charge in [0.1, 0.15) is 0 Å². The number of guanidine groups is 1. The largest absolute Gasteiger partial charge is 0.453 e. The van der Waals surface area contributed by atoms with Crippen LogP contribution in [-0.2, 0) is 16.0 Å². The van der Waals surface area contributed by atoms with Crippen molar-refractivity contribution in [3.05, 3.63) is 29.8 Å². The number of hydrogen-bond donors (Lipinski definition) is 3. The SMILES string of the molecule is CCNC(=NCc1ccc(NC(=O)OC)cc1)NC1CCN(C(=O)OCC)CC1.I. The first-order valence-electron chi connectivity index (χ1n) is 9.96. The molecule has 1 aliphatic heterocycles. The maximum Gasteiger partial charge on any atom is 0.411 e. The first-order valence-corrected chi connectivity index (χ1v) is 9.96. The molecule has 0 atom stereocenters. The van der Waals surface area contributed by atoms with E-state index in [0.717, 1.165) is 30.9 Å². The summed E-state index contributed by atoms with van der Waals surface area (Å²) in [5, 5.41) is 9.33. The lowest BCUT2D eigenvalue weighted by atomic mass is 10.1. The third-order valence-corrected chi connectivity index (χ3v) is 4.51. The highest BCUT2D eigenvalue weighted by Crippen LogP contribution is 2.13. The Morgan fingerprint density at radius 2 is 1.83 bits per heavy atom. The number of piperidine rings is 1. The molecule has 0 spiro atoms. The summed E-state index contributed by atoms with van der Waals surface area (Å²) in [5.74, 6) is 0.749. The molecule has 1 aromatic rings. The molecule has 0 aliphatic carbocycles. The van der Waals surface area contributed by atoms with Crippen LogP contribution in [0.5, 0.6) is 0 Å². The van der Waals surface area contributed by atoms with E-state index in [1.54, 1.807) is 4.90 Å². The van der Waals surface area contributed by atoms with Gasteiger partial charge >= 0.3 is 12.2 Å². The summed E-state index contributed by atoms with van der Waals surface area (Å²) in [4.78, 5) is 29.4. The number of halogens is 1. The van der Waals surface area contributed by atoms with Crippen molar-refractivity contribution in [1.29, 1.82) is 0 Å². The van der Waals surface area contributed by atoms with Crippen LogP contribution in [0.2, 0.25) is 0 Å². The van der Waals surface area contributed by atoms with Crippen LogP contribution in [0, 0.1) is 0 Å². The zero-order valence-corrected chi connectivity index (χ0v) is 20.1. The molecule has 0 bridgehead atoms. The number of methoxy groups -OCH3 is 1. The van der Waals surface area contributed by atoms with Crippen molar-refractivity contribution in [1.82, 2.24) is 15.5 Å². The Balaban J connectivity index is 0.00000450. The Morgan fingerprint density at radius 1 is 1.17 bits per heavy atom. The second kappa shape index (κ2) is 13.9. The maximum absolute atomic E-state index is 11.8. The number of nitrogens with zero attached hydrogens (tertiary/aromatic N) is 2. The second-order valence-corrected chi connectivity index (χ2v) is 6.61. The lowest BCUT2D eigenvalue weighted by molar-refractivity contribution is 0.0963. The van der Waals surface area contributed by atoms with Gasteiger partial charge in [0.15, 0.2) is 5.96 Å². The van der Waals surface area contributed by atoms with E-state index in [-0.39, 0.29) is 36.1 Å². The van der Waals surface area contributed by atoms with Crippen molar-refractivity contribution in [2.24, 2.45) is 4.99 Å². The normalized spacial score (nSPS) is 14.4. The standard InChI is InChI=1S/C20H31N5O4.HI/c1-4-21-18(23-17-10-12-25(13-11-17)20(27)29-5-2)22-14-15-6-8-16(9-7-15)24-19(26)28-3;/h6-9,17H,4-5,10-14H2,1-3H3,(H,24,26)(H2,21,22,23);1H. The summed E-state index contributed by atoms with van der Waals surface area (Å²) in [6.45, 7) is 6.84. The van der Waals surface area contributed by atoms with E-state index in [0.29, 0.717) is 31.9 Å². The minimum absolute atomic E-state index is 0. The molecule has 1 heterocycles. The molecular weight excluding hydrogens is 501 g/mol. The van der Waals surface area contributed by atoms with Crippen LogP contribution in [-0.4, -0.2) is 62.4 Å². The number of nitrogens with one attached hydrogen (secondary N) is 3. The summed E-state index contributed by atoms with van der Waals surface area (Å²) in [6.07, 6.45) is 0.953. The van der Waals surface area contributed by atoms with E-state index < -0.39 is 6.09 Å². The number of carbonyl (C=O) groups is 2. The Labute approximate surface area is 195 Å². The average Bonchev–Trinajstić information content (AvgIpc) is 2.73. The topological polar surface area (TPSA) is 104 Å². The first kappa shape index (κ1) is 25.8. The van der Waals surface area contributed by atoms with Crippen LogP contribution in [0.1, 0.15) is 32.3 Å². The third kappa shape index (κ3) is 8.64. The van der Waals surface area contributed by atoms with E-state index in [2.05, 4.69) is 25.7 Å². The smallest absolute Gasteiger partial charge is 0.411 e. The molecule has 3 N–H and O–H groups in total. The van der Waals surface area contributed by atoms with Gasteiger partial charge in [0, 0.05) is 31.4 Å². The van der Waals surface area contributed by atoms with Gasteiger partial charge in [0.05, 0.1) is 20.3 Å². The molecular formula is C20H32IN5O4. The van der Waals surface area contributed by atoms with Gasteiger partial charge in [-0.2, -0.15) is 0 Å². The molecule has 1 fully saturated rings. The van der Waals surface area contributed by atoms with Crippen molar-refractivity contribution in [3.63, 3.8) is 0 Å². The minimum atomic E-state index is -0.497. The second-order valence-electron chi connectivity index (χ2n) is 6.61. The molecule has 1 aromatic carbocycles. The Morgan fingerprint density at radius 3 is 2.40 bits per heavy atom. The van der Waals surface area contributed by atoms with Crippen LogP contribution in [0.3, 0.4) is 0 Å².